The van der Waals surface area contributed by atoms with Crippen LogP contribution in [0.15, 0.2) is 47.6 Å². The largest absolute Gasteiger partial charge is 0.311 e. The molecule has 1 aliphatic carbocycles. The Balaban J connectivity index is 1.60. The highest BCUT2D eigenvalue weighted by Crippen LogP contribution is 2.39. The second kappa shape index (κ2) is 7.35. The van der Waals surface area contributed by atoms with Gasteiger partial charge >= 0.3 is 0 Å². The van der Waals surface area contributed by atoms with E-state index in [1.165, 1.54) is 24.6 Å². The van der Waals surface area contributed by atoms with Crippen molar-refractivity contribution >= 4 is 34.1 Å². The van der Waals surface area contributed by atoms with Gasteiger partial charge in [-0.15, -0.1) is 10.2 Å². The number of rotatable bonds is 6. The molecule has 2 aromatic carbocycles. The van der Waals surface area contributed by atoms with Crippen LogP contribution in [0.2, 0.25) is 0 Å². The van der Waals surface area contributed by atoms with Gasteiger partial charge in [-0.05, 0) is 45.1 Å². The highest BCUT2D eigenvalue weighted by atomic mass is 32.2. The minimum atomic E-state index is -0.231. The van der Waals surface area contributed by atoms with Crippen LogP contribution in [0.4, 0.5) is 5.69 Å². The Morgan fingerprint density at radius 3 is 2.70 bits per heavy atom. The molecule has 1 fully saturated rings. The third kappa shape index (κ3) is 3.46. The first-order chi connectivity index (χ1) is 13.1. The molecule has 140 valence electrons. The molecule has 4 rings (SSSR count). The molecule has 0 saturated heterocycles. The second-order valence-corrected chi connectivity index (χ2v) is 8.28. The molecule has 0 spiro atoms. The van der Waals surface area contributed by atoms with Gasteiger partial charge in [0, 0.05) is 18.0 Å². The normalized spacial score (nSPS) is 15.1. The van der Waals surface area contributed by atoms with E-state index in [4.69, 9.17) is 0 Å². The molecule has 27 heavy (non-hydrogen) atoms. The molecule has 1 saturated carbocycles. The number of thioether (sulfide) groups is 1. The molecular weight excluding hydrogens is 356 g/mol. The number of aryl methyl sites for hydroxylation is 1. The monoisotopic (exact) mass is 380 g/mol. The summed E-state index contributed by atoms with van der Waals surface area (Å²) in [7, 11) is 0. The number of benzene rings is 2. The van der Waals surface area contributed by atoms with Crippen LogP contribution in [-0.2, 0) is 4.79 Å². The van der Waals surface area contributed by atoms with Crippen LogP contribution in [0.3, 0.4) is 0 Å². The first kappa shape index (κ1) is 18.0. The van der Waals surface area contributed by atoms with Crippen LogP contribution < -0.4 is 4.90 Å². The summed E-state index contributed by atoms with van der Waals surface area (Å²) in [6.07, 6.45) is 2.34. The number of carbonyl (C=O) groups is 1. The number of anilines is 1. The predicted molar refractivity (Wildman–Crippen MR) is 110 cm³/mol. The van der Waals surface area contributed by atoms with E-state index in [0.717, 1.165) is 27.4 Å². The molecule has 0 unspecified atom stereocenters. The summed E-state index contributed by atoms with van der Waals surface area (Å²) in [6.45, 7) is 6.60. The van der Waals surface area contributed by atoms with Crippen molar-refractivity contribution in [3.8, 4) is 0 Å². The summed E-state index contributed by atoms with van der Waals surface area (Å²) < 4.78 is 2.18. The fourth-order valence-corrected chi connectivity index (χ4v) is 4.53. The predicted octanol–water partition coefficient (Wildman–Crippen LogP) is 4.61. The van der Waals surface area contributed by atoms with Gasteiger partial charge in [0.25, 0.3) is 0 Å². The molecule has 0 N–H and O–H groups in total. The Morgan fingerprint density at radius 2 is 1.96 bits per heavy atom. The summed E-state index contributed by atoms with van der Waals surface area (Å²) >= 11 is 1.51. The Hall–Kier alpha value is -2.34. The highest BCUT2D eigenvalue weighted by molar-refractivity contribution is 8.00. The molecule has 1 amide bonds. The molecule has 1 aliphatic rings. The lowest BCUT2D eigenvalue weighted by Gasteiger charge is -2.25. The summed E-state index contributed by atoms with van der Waals surface area (Å²) in [5.74, 6) is 1.03. The Kier molecular flexibility index (Phi) is 4.91. The summed E-state index contributed by atoms with van der Waals surface area (Å²) in [6, 6.07) is 14.8. The molecule has 3 aromatic rings. The molecular formula is C21H24N4OS. The molecule has 1 aromatic heterocycles. The zero-order chi connectivity index (χ0) is 19.0. The Morgan fingerprint density at radius 1 is 1.22 bits per heavy atom. The zero-order valence-electron chi connectivity index (χ0n) is 15.9. The molecule has 5 nitrogen and oxygen atoms in total. The van der Waals surface area contributed by atoms with E-state index in [9.17, 15) is 4.79 Å². The summed E-state index contributed by atoms with van der Waals surface area (Å²) in [4.78, 5) is 15.2. The number of amides is 1. The average molecular weight is 381 g/mol. The van der Waals surface area contributed by atoms with Gasteiger partial charge in [-0.1, -0.05) is 48.2 Å². The Bertz CT molecular complexity index is 974. The van der Waals surface area contributed by atoms with E-state index in [1.54, 1.807) is 0 Å². The van der Waals surface area contributed by atoms with Crippen LogP contribution in [0, 0.1) is 6.92 Å². The quantitative estimate of drug-likeness (QED) is 0.586. The minimum Gasteiger partial charge on any atom is -0.311 e. The number of aromatic nitrogens is 3. The highest BCUT2D eigenvalue weighted by Gasteiger charge is 2.31. The standard InChI is InChI=1S/C21H24N4OS/c1-4-24(19-11-7-9-16-8-5-6-10-18(16)19)20(26)14(2)27-21-23-22-15(3)25(21)17-12-13-17/h5-11,14,17H,4,12-13H2,1-3H3/t14-/m0/s1. The SMILES string of the molecule is CCN(C(=O)[C@H](C)Sc1nnc(C)n1C1CC1)c1cccc2ccccc12. The third-order valence-electron chi connectivity index (χ3n) is 5.02. The topological polar surface area (TPSA) is 51.0 Å². The van der Waals surface area contributed by atoms with Gasteiger partial charge in [-0.25, -0.2) is 0 Å². The number of fused-ring (bicyclic) bond motifs is 1. The van der Waals surface area contributed by atoms with E-state index in [2.05, 4.69) is 33.0 Å². The van der Waals surface area contributed by atoms with Gasteiger partial charge in [0.1, 0.15) is 5.82 Å². The lowest BCUT2D eigenvalue weighted by molar-refractivity contribution is -0.117. The van der Waals surface area contributed by atoms with Crippen LogP contribution in [0.5, 0.6) is 0 Å². The van der Waals surface area contributed by atoms with Crippen molar-refractivity contribution < 1.29 is 4.79 Å². The van der Waals surface area contributed by atoms with Crippen LogP contribution in [0.1, 0.15) is 38.6 Å². The van der Waals surface area contributed by atoms with Crippen molar-refractivity contribution in [2.75, 3.05) is 11.4 Å². The smallest absolute Gasteiger partial charge is 0.240 e. The van der Waals surface area contributed by atoms with Crippen LogP contribution in [-0.4, -0.2) is 32.5 Å². The fourth-order valence-electron chi connectivity index (χ4n) is 3.50. The maximum absolute atomic E-state index is 13.3. The van der Waals surface area contributed by atoms with Crippen LogP contribution in [0.25, 0.3) is 10.8 Å². The van der Waals surface area contributed by atoms with Gasteiger partial charge in [0.15, 0.2) is 5.16 Å². The Labute approximate surface area is 163 Å². The first-order valence-electron chi connectivity index (χ1n) is 9.47. The molecule has 0 radical (unpaired) electrons. The number of hydrogen-bond donors (Lipinski definition) is 0. The maximum atomic E-state index is 13.3. The number of carbonyl (C=O) groups excluding carboxylic acids is 1. The van der Waals surface area contributed by atoms with Gasteiger partial charge in [-0.3, -0.25) is 4.79 Å². The molecule has 0 aliphatic heterocycles. The first-order valence-corrected chi connectivity index (χ1v) is 10.4. The van der Waals surface area contributed by atoms with Gasteiger partial charge in [0.05, 0.1) is 10.9 Å². The number of hydrogen-bond acceptors (Lipinski definition) is 4. The van der Waals surface area contributed by atoms with Crippen molar-refractivity contribution in [3.63, 3.8) is 0 Å². The summed E-state index contributed by atoms with van der Waals surface area (Å²) in [5.41, 5.74) is 0.966. The second-order valence-electron chi connectivity index (χ2n) is 6.97. The average Bonchev–Trinajstić information content (AvgIpc) is 3.45. The minimum absolute atomic E-state index is 0.0989. The van der Waals surface area contributed by atoms with Gasteiger partial charge in [-0.2, -0.15) is 0 Å². The van der Waals surface area contributed by atoms with Crippen molar-refractivity contribution in [2.24, 2.45) is 0 Å². The molecule has 0 bridgehead atoms. The van der Waals surface area contributed by atoms with Crippen molar-refractivity contribution in [2.45, 2.75) is 50.1 Å². The van der Waals surface area contributed by atoms with E-state index in [0.29, 0.717) is 12.6 Å². The van der Waals surface area contributed by atoms with Crippen molar-refractivity contribution in [1.82, 2.24) is 14.8 Å². The molecule has 6 heteroatoms. The van der Waals surface area contributed by atoms with E-state index in [-0.39, 0.29) is 11.2 Å². The third-order valence-corrected chi connectivity index (χ3v) is 6.06. The van der Waals surface area contributed by atoms with Gasteiger partial charge in [0.2, 0.25) is 5.91 Å². The zero-order valence-corrected chi connectivity index (χ0v) is 16.7. The lowest BCUT2D eigenvalue weighted by Crippen LogP contribution is -2.36. The van der Waals surface area contributed by atoms with E-state index < -0.39 is 0 Å². The maximum Gasteiger partial charge on any atom is 0.240 e. The van der Waals surface area contributed by atoms with Crippen molar-refractivity contribution in [3.05, 3.63) is 48.3 Å². The summed E-state index contributed by atoms with van der Waals surface area (Å²) in [5, 5.41) is 11.4. The van der Waals surface area contributed by atoms with Crippen LogP contribution >= 0.6 is 11.8 Å². The van der Waals surface area contributed by atoms with E-state index >= 15 is 0 Å². The fraction of sp³-hybridized carbons (Fsp3) is 0.381. The molecule has 1 atom stereocenters. The van der Waals surface area contributed by atoms with Gasteiger partial charge < -0.3 is 9.47 Å². The van der Waals surface area contributed by atoms with E-state index in [1.807, 2.05) is 49.9 Å². The lowest BCUT2D eigenvalue weighted by atomic mass is 10.1. The molecule has 1 heterocycles. The number of nitrogens with zero attached hydrogens (tertiary/aromatic N) is 4. The van der Waals surface area contributed by atoms with Crippen molar-refractivity contribution in [1.29, 1.82) is 0 Å².